The Bertz CT molecular complexity index is 382. The minimum Gasteiger partial charge on any atom is -0.357 e. The predicted octanol–water partition coefficient (Wildman–Crippen LogP) is 2.31. The number of nitrogens with zero attached hydrogens (tertiary/aromatic N) is 1. The van der Waals surface area contributed by atoms with Gasteiger partial charge in [-0.3, -0.25) is 4.79 Å². The maximum Gasteiger partial charge on any atom is 0.242 e. The van der Waals surface area contributed by atoms with Gasteiger partial charge in [-0.15, -0.1) is 0 Å². The van der Waals surface area contributed by atoms with Gasteiger partial charge in [-0.05, 0) is 25.0 Å². The zero-order valence-corrected chi connectivity index (χ0v) is 11.1. The van der Waals surface area contributed by atoms with Crippen molar-refractivity contribution in [3.8, 4) is 0 Å². The largest absolute Gasteiger partial charge is 0.357 e. The second-order valence-corrected chi connectivity index (χ2v) is 4.75. The smallest absolute Gasteiger partial charge is 0.242 e. The van der Waals surface area contributed by atoms with Crippen molar-refractivity contribution in [2.45, 2.75) is 26.8 Å². The summed E-state index contributed by atoms with van der Waals surface area (Å²) >= 11 is 5.94. The van der Waals surface area contributed by atoms with E-state index in [0.29, 0.717) is 23.3 Å². The van der Waals surface area contributed by atoms with Crippen molar-refractivity contribution in [2.24, 2.45) is 5.92 Å². The SMILES string of the molecule is CC(C)CNC(=O)C(C)Nc1ncccc1Cl. The van der Waals surface area contributed by atoms with Crippen LogP contribution in [0.4, 0.5) is 5.82 Å². The zero-order chi connectivity index (χ0) is 12.8. The van der Waals surface area contributed by atoms with Crippen LogP contribution in [-0.2, 0) is 4.79 Å². The van der Waals surface area contributed by atoms with Crippen LogP contribution in [0.15, 0.2) is 18.3 Å². The fraction of sp³-hybridized carbons (Fsp3) is 0.500. The Hall–Kier alpha value is -1.29. The fourth-order valence-electron chi connectivity index (χ4n) is 1.22. The molecule has 0 spiro atoms. The molecule has 0 aliphatic heterocycles. The summed E-state index contributed by atoms with van der Waals surface area (Å²) < 4.78 is 0. The van der Waals surface area contributed by atoms with Crippen molar-refractivity contribution in [3.05, 3.63) is 23.4 Å². The normalized spacial score (nSPS) is 12.3. The maximum absolute atomic E-state index is 11.7. The molecule has 1 rings (SSSR count). The molecule has 94 valence electrons. The predicted molar refractivity (Wildman–Crippen MR) is 70.2 cm³/mol. The minimum absolute atomic E-state index is 0.0552. The van der Waals surface area contributed by atoms with Crippen LogP contribution in [0, 0.1) is 5.92 Å². The van der Waals surface area contributed by atoms with Crippen LogP contribution in [0.25, 0.3) is 0 Å². The molecule has 1 amide bonds. The highest BCUT2D eigenvalue weighted by atomic mass is 35.5. The Kier molecular flexibility index (Phi) is 5.22. The summed E-state index contributed by atoms with van der Waals surface area (Å²) in [5, 5.41) is 6.34. The molecule has 2 N–H and O–H groups in total. The third-order valence-electron chi connectivity index (χ3n) is 2.19. The summed E-state index contributed by atoms with van der Waals surface area (Å²) in [6.45, 7) is 6.55. The Labute approximate surface area is 107 Å². The highest BCUT2D eigenvalue weighted by Crippen LogP contribution is 2.17. The molecule has 17 heavy (non-hydrogen) atoms. The minimum atomic E-state index is -0.360. The van der Waals surface area contributed by atoms with Gasteiger partial charge in [0.15, 0.2) is 0 Å². The van der Waals surface area contributed by atoms with Gasteiger partial charge < -0.3 is 10.6 Å². The molecule has 0 aromatic carbocycles. The first-order chi connectivity index (χ1) is 8.00. The Balaban J connectivity index is 2.51. The van der Waals surface area contributed by atoms with Crippen molar-refractivity contribution >= 4 is 23.3 Å². The average Bonchev–Trinajstić information content (AvgIpc) is 2.28. The van der Waals surface area contributed by atoms with E-state index in [-0.39, 0.29) is 11.9 Å². The van der Waals surface area contributed by atoms with Gasteiger partial charge in [-0.25, -0.2) is 4.98 Å². The second-order valence-electron chi connectivity index (χ2n) is 4.34. The van der Waals surface area contributed by atoms with Crippen molar-refractivity contribution in [1.29, 1.82) is 0 Å². The number of carbonyl (C=O) groups is 1. The lowest BCUT2D eigenvalue weighted by Gasteiger charge is -2.16. The van der Waals surface area contributed by atoms with Gasteiger partial charge in [-0.1, -0.05) is 25.4 Å². The van der Waals surface area contributed by atoms with Crippen molar-refractivity contribution in [3.63, 3.8) is 0 Å². The maximum atomic E-state index is 11.7. The third-order valence-corrected chi connectivity index (χ3v) is 2.49. The van der Waals surface area contributed by atoms with Gasteiger partial charge in [-0.2, -0.15) is 0 Å². The number of hydrogen-bond donors (Lipinski definition) is 2. The number of anilines is 1. The quantitative estimate of drug-likeness (QED) is 0.849. The molecule has 1 heterocycles. The van der Waals surface area contributed by atoms with E-state index in [2.05, 4.69) is 15.6 Å². The van der Waals surface area contributed by atoms with E-state index in [0.717, 1.165) is 0 Å². The van der Waals surface area contributed by atoms with Crippen LogP contribution < -0.4 is 10.6 Å². The summed E-state index contributed by atoms with van der Waals surface area (Å²) in [7, 11) is 0. The van der Waals surface area contributed by atoms with Gasteiger partial charge in [0, 0.05) is 12.7 Å². The summed E-state index contributed by atoms with van der Waals surface area (Å²) in [5.74, 6) is 0.909. The molecule has 0 fully saturated rings. The van der Waals surface area contributed by atoms with E-state index in [1.807, 2.05) is 13.8 Å². The van der Waals surface area contributed by atoms with Crippen LogP contribution in [0.2, 0.25) is 5.02 Å². The standard InChI is InChI=1S/C12H18ClN3O/c1-8(2)7-15-12(17)9(3)16-11-10(13)5-4-6-14-11/h4-6,8-9H,7H2,1-3H3,(H,14,16)(H,15,17). The molecule has 1 aromatic heterocycles. The van der Waals surface area contributed by atoms with Crippen LogP contribution in [0.5, 0.6) is 0 Å². The van der Waals surface area contributed by atoms with E-state index in [9.17, 15) is 4.79 Å². The highest BCUT2D eigenvalue weighted by molar-refractivity contribution is 6.32. The number of hydrogen-bond acceptors (Lipinski definition) is 3. The molecule has 5 heteroatoms. The van der Waals surface area contributed by atoms with Gasteiger partial charge in [0.25, 0.3) is 0 Å². The topological polar surface area (TPSA) is 54.0 Å². The van der Waals surface area contributed by atoms with Gasteiger partial charge in [0.05, 0.1) is 5.02 Å². The first-order valence-corrected chi connectivity index (χ1v) is 6.03. The Morgan fingerprint density at radius 1 is 1.47 bits per heavy atom. The molecule has 0 saturated carbocycles. The Morgan fingerprint density at radius 2 is 2.18 bits per heavy atom. The lowest BCUT2D eigenvalue weighted by Crippen LogP contribution is -2.39. The number of rotatable bonds is 5. The first-order valence-electron chi connectivity index (χ1n) is 5.65. The first kappa shape index (κ1) is 13.8. The molecule has 0 saturated heterocycles. The third kappa shape index (κ3) is 4.61. The molecule has 0 aliphatic rings. The number of amides is 1. The zero-order valence-electron chi connectivity index (χ0n) is 10.3. The van der Waals surface area contributed by atoms with Crippen LogP contribution in [0.1, 0.15) is 20.8 Å². The summed E-state index contributed by atoms with van der Waals surface area (Å²) in [6, 6.07) is 3.12. The van der Waals surface area contributed by atoms with E-state index in [1.54, 1.807) is 25.3 Å². The fourth-order valence-corrected chi connectivity index (χ4v) is 1.40. The van der Waals surface area contributed by atoms with Crippen molar-refractivity contribution in [1.82, 2.24) is 10.3 Å². The molecule has 0 bridgehead atoms. The van der Waals surface area contributed by atoms with E-state index in [4.69, 9.17) is 11.6 Å². The number of nitrogens with one attached hydrogen (secondary N) is 2. The monoisotopic (exact) mass is 255 g/mol. The van der Waals surface area contributed by atoms with E-state index < -0.39 is 0 Å². The lowest BCUT2D eigenvalue weighted by molar-refractivity contribution is -0.121. The second kappa shape index (κ2) is 6.45. The Morgan fingerprint density at radius 3 is 2.76 bits per heavy atom. The van der Waals surface area contributed by atoms with Crippen LogP contribution in [0.3, 0.4) is 0 Å². The number of pyridine rings is 1. The molecule has 1 aromatic rings. The van der Waals surface area contributed by atoms with Crippen molar-refractivity contribution < 1.29 is 4.79 Å². The summed E-state index contributed by atoms with van der Waals surface area (Å²) in [5.41, 5.74) is 0. The van der Waals surface area contributed by atoms with Gasteiger partial charge in [0.2, 0.25) is 5.91 Å². The molecular weight excluding hydrogens is 238 g/mol. The van der Waals surface area contributed by atoms with Crippen LogP contribution in [-0.4, -0.2) is 23.5 Å². The van der Waals surface area contributed by atoms with Gasteiger partial charge in [0.1, 0.15) is 11.9 Å². The number of halogens is 1. The lowest BCUT2D eigenvalue weighted by atomic mass is 10.2. The molecule has 0 aliphatic carbocycles. The van der Waals surface area contributed by atoms with Gasteiger partial charge >= 0.3 is 0 Å². The molecule has 0 radical (unpaired) electrons. The van der Waals surface area contributed by atoms with Crippen LogP contribution >= 0.6 is 11.6 Å². The van der Waals surface area contributed by atoms with E-state index in [1.165, 1.54) is 0 Å². The summed E-state index contributed by atoms with van der Waals surface area (Å²) in [4.78, 5) is 15.8. The molecule has 4 nitrogen and oxygen atoms in total. The summed E-state index contributed by atoms with van der Waals surface area (Å²) in [6.07, 6.45) is 1.63. The highest BCUT2D eigenvalue weighted by Gasteiger charge is 2.14. The molecular formula is C12H18ClN3O. The number of carbonyl (C=O) groups excluding carboxylic acids is 1. The average molecular weight is 256 g/mol. The van der Waals surface area contributed by atoms with E-state index >= 15 is 0 Å². The number of aromatic nitrogens is 1. The van der Waals surface area contributed by atoms with Crippen molar-refractivity contribution in [2.75, 3.05) is 11.9 Å². The molecule has 1 atom stereocenters. The molecule has 1 unspecified atom stereocenters.